The van der Waals surface area contributed by atoms with Crippen molar-refractivity contribution >= 4 is 27.3 Å². The van der Waals surface area contributed by atoms with Gasteiger partial charge < -0.3 is 14.6 Å². The van der Waals surface area contributed by atoms with Crippen LogP contribution in [0.5, 0.6) is 5.75 Å². The van der Waals surface area contributed by atoms with Crippen LogP contribution in [0.1, 0.15) is 37.3 Å². The molecule has 1 atom stereocenters. The average molecular weight is 466 g/mol. The number of halogens is 1. The number of anilines is 1. The molecule has 2 aliphatic rings. The molecule has 2 heterocycles. The second-order valence-corrected chi connectivity index (χ2v) is 10.5. The fourth-order valence-electron chi connectivity index (χ4n) is 4.27. The molecular weight excluding hydrogens is 438 g/mol. The van der Waals surface area contributed by atoms with Crippen molar-refractivity contribution in [2.24, 2.45) is 5.92 Å². The van der Waals surface area contributed by atoms with Crippen LogP contribution >= 0.6 is 11.6 Å². The first-order valence-corrected chi connectivity index (χ1v) is 12.5. The second-order valence-electron chi connectivity index (χ2n) is 8.26. The minimum atomic E-state index is -3.82. The molecule has 1 unspecified atom stereocenters. The average Bonchev–Trinajstić information content (AvgIpc) is 2.78. The Labute approximate surface area is 188 Å². The highest BCUT2D eigenvalue weighted by Crippen LogP contribution is 2.37. The predicted octanol–water partition coefficient (Wildman–Crippen LogP) is 4.17. The van der Waals surface area contributed by atoms with E-state index in [1.807, 2.05) is 13.0 Å². The van der Waals surface area contributed by atoms with E-state index >= 15 is 0 Å². The number of rotatable bonds is 6. The molecule has 6 nitrogen and oxygen atoms in total. The molecule has 1 saturated heterocycles. The molecule has 31 heavy (non-hydrogen) atoms. The van der Waals surface area contributed by atoms with E-state index in [0.29, 0.717) is 41.0 Å². The number of benzene rings is 2. The zero-order valence-corrected chi connectivity index (χ0v) is 19.2. The number of hydrogen-bond acceptors (Lipinski definition) is 5. The molecule has 4 rings (SSSR count). The van der Waals surface area contributed by atoms with Crippen LogP contribution in [0.3, 0.4) is 0 Å². The Morgan fingerprint density at radius 1 is 1.16 bits per heavy atom. The van der Waals surface area contributed by atoms with Gasteiger partial charge >= 0.3 is 0 Å². The highest BCUT2D eigenvalue weighted by atomic mass is 35.5. The van der Waals surface area contributed by atoms with E-state index in [-0.39, 0.29) is 17.5 Å². The van der Waals surface area contributed by atoms with Crippen LogP contribution in [0, 0.1) is 5.92 Å². The SMILES string of the molecule is CC1CCc2cc(Cl)ccc2N1S(=O)(=O)c1ccc(OCC2CCOCC2)c(CO)c1. The van der Waals surface area contributed by atoms with Gasteiger partial charge in [-0.3, -0.25) is 4.31 Å². The molecule has 2 aromatic rings. The molecule has 168 valence electrons. The lowest BCUT2D eigenvalue weighted by Crippen LogP contribution is -2.42. The third-order valence-electron chi connectivity index (χ3n) is 6.09. The zero-order valence-electron chi connectivity index (χ0n) is 17.6. The summed E-state index contributed by atoms with van der Waals surface area (Å²) in [6.45, 7) is 3.61. The summed E-state index contributed by atoms with van der Waals surface area (Å²) in [4.78, 5) is 0.143. The minimum Gasteiger partial charge on any atom is -0.493 e. The van der Waals surface area contributed by atoms with Gasteiger partial charge in [-0.05, 0) is 80.5 Å². The van der Waals surface area contributed by atoms with E-state index in [1.165, 1.54) is 10.4 Å². The highest BCUT2D eigenvalue weighted by Gasteiger charge is 2.34. The Kier molecular flexibility index (Phi) is 6.77. The van der Waals surface area contributed by atoms with Crippen molar-refractivity contribution in [1.29, 1.82) is 0 Å². The Hall–Kier alpha value is -1.80. The van der Waals surface area contributed by atoms with Crippen molar-refractivity contribution in [3.05, 3.63) is 52.5 Å². The second kappa shape index (κ2) is 9.36. The first-order chi connectivity index (χ1) is 14.9. The first kappa shape index (κ1) is 22.4. The molecule has 1 N–H and O–H groups in total. The summed E-state index contributed by atoms with van der Waals surface area (Å²) in [5.41, 5.74) is 2.05. The number of sulfonamides is 1. The lowest BCUT2D eigenvalue weighted by molar-refractivity contribution is 0.0494. The molecule has 0 aliphatic carbocycles. The van der Waals surface area contributed by atoms with Gasteiger partial charge in [0.25, 0.3) is 10.0 Å². The topological polar surface area (TPSA) is 76.1 Å². The maximum absolute atomic E-state index is 13.6. The molecule has 0 spiro atoms. The minimum absolute atomic E-state index is 0.143. The maximum atomic E-state index is 13.6. The van der Waals surface area contributed by atoms with Crippen molar-refractivity contribution in [2.75, 3.05) is 24.1 Å². The third kappa shape index (κ3) is 4.70. The molecule has 1 fully saturated rings. The number of aliphatic hydroxyl groups is 1. The largest absolute Gasteiger partial charge is 0.493 e. The maximum Gasteiger partial charge on any atom is 0.264 e. The number of fused-ring (bicyclic) bond motifs is 1. The van der Waals surface area contributed by atoms with Gasteiger partial charge in [-0.1, -0.05) is 11.6 Å². The van der Waals surface area contributed by atoms with Crippen molar-refractivity contribution in [2.45, 2.75) is 50.2 Å². The predicted molar refractivity (Wildman–Crippen MR) is 120 cm³/mol. The molecule has 0 aromatic heterocycles. The monoisotopic (exact) mass is 465 g/mol. The first-order valence-electron chi connectivity index (χ1n) is 10.7. The summed E-state index contributed by atoms with van der Waals surface area (Å²) in [6.07, 6.45) is 3.38. The Bertz CT molecular complexity index is 1040. The molecule has 2 aromatic carbocycles. The molecule has 8 heteroatoms. The third-order valence-corrected chi connectivity index (χ3v) is 8.24. The number of nitrogens with zero attached hydrogens (tertiary/aromatic N) is 1. The van der Waals surface area contributed by atoms with Gasteiger partial charge in [-0.25, -0.2) is 8.42 Å². The van der Waals surface area contributed by atoms with Crippen LogP contribution in [0.2, 0.25) is 5.02 Å². The molecule has 0 amide bonds. The van der Waals surface area contributed by atoms with Gasteiger partial charge in [0.2, 0.25) is 0 Å². The van der Waals surface area contributed by atoms with Crippen molar-refractivity contribution in [3.63, 3.8) is 0 Å². The van der Waals surface area contributed by atoms with Crippen LogP contribution in [0.15, 0.2) is 41.3 Å². The van der Waals surface area contributed by atoms with Crippen LogP contribution in [0.4, 0.5) is 5.69 Å². The Morgan fingerprint density at radius 2 is 1.94 bits per heavy atom. The van der Waals surface area contributed by atoms with E-state index < -0.39 is 10.0 Å². The van der Waals surface area contributed by atoms with Crippen LogP contribution in [-0.4, -0.2) is 39.4 Å². The normalized spacial score (nSPS) is 19.8. The van der Waals surface area contributed by atoms with Crippen LogP contribution in [0.25, 0.3) is 0 Å². The van der Waals surface area contributed by atoms with E-state index in [1.54, 1.807) is 24.3 Å². The number of ether oxygens (including phenoxy) is 2. The summed E-state index contributed by atoms with van der Waals surface area (Å²) in [7, 11) is -3.82. The van der Waals surface area contributed by atoms with Crippen LogP contribution in [-0.2, 0) is 27.8 Å². The zero-order chi connectivity index (χ0) is 22.0. The van der Waals surface area contributed by atoms with Crippen LogP contribution < -0.4 is 9.04 Å². The number of aryl methyl sites for hydroxylation is 1. The lowest BCUT2D eigenvalue weighted by Gasteiger charge is -2.36. The highest BCUT2D eigenvalue weighted by molar-refractivity contribution is 7.92. The Morgan fingerprint density at radius 3 is 2.68 bits per heavy atom. The fourth-order valence-corrected chi connectivity index (χ4v) is 6.24. The van der Waals surface area contributed by atoms with Gasteiger partial charge in [0.1, 0.15) is 5.75 Å². The molecule has 0 saturated carbocycles. The van der Waals surface area contributed by atoms with Crippen molar-refractivity contribution in [3.8, 4) is 5.75 Å². The van der Waals surface area contributed by atoms with Gasteiger partial charge in [0.05, 0.1) is 23.8 Å². The van der Waals surface area contributed by atoms with Gasteiger partial charge in [0.15, 0.2) is 0 Å². The van der Waals surface area contributed by atoms with Crippen molar-refractivity contribution in [1.82, 2.24) is 0 Å². The van der Waals surface area contributed by atoms with Crippen molar-refractivity contribution < 1.29 is 23.0 Å². The summed E-state index contributed by atoms with van der Waals surface area (Å²) in [5.74, 6) is 0.924. The van der Waals surface area contributed by atoms with E-state index in [4.69, 9.17) is 21.1 Å². The summed E-state index contributed by atoms with van der Waals surface area (Å²) in [6, 6.07) is 9.86. The number of hydrogen-bond donors (Lipinski definition) is 1. The van der Waals surface area contributed by atoms with Gasteiger partial charge in [-0.2, -0.15) is 0 Å². The standard InChI is InChI=1S/C23H28ClNO5S/c1-16-2-3-18-12-20(24)4-6-22(18)25(16)31(27,28)21-5-7-23(19(13-21)14-26)30-15-17-8-10-29-11-9-17/h4-7,12-13,16-17,26H,2-3,8-11,14-15H2,1H3. The molecular formula is C23H28ClNO5S. The summed E-state index contributed by atoms with van der Waals surface area (Å²) < 4.78 is 40.0. The van der Waals surface area contributed by atoms with Gasteiger partial charge in [-0.15, -0.1) is 0 Å². The molecule has 0 radical (unpaired) electrons. The smallest absolute Gasteiger partial charge is 0.264 e. The van der Waals surface area contributed by atoms with E-state index in [2.05, 4.69) is 0 Å². The summed E-state index contributed by atoms with van der Waals surface area (Å²) >= 11 is 6.12. The summed E-state index contributed by atoms with van der Waals surface area (Å²) in [5, 5.41) is 10.5. The fraction of sp³-hybridized carbons (Fsp3) is 0.478. The quantitative estimate of drug-likeness (QED) is 0.693. The number of aliphatic hydroxyl groups excluding tert-OH is 1. The van der Waals surface area contributed by atoms with E-state index in [9.17, 15) is 13.5 Å². The van der Waals surface area contributed by atoms with E-state index in [0.717, 1.165) is 38.0 Å². The Balaban J connectivity index is 1.61. The lowest BCUT2D eigenvalue weighted by atomic mass is 9.99. The van der Waals surface area contributed by atoms with Gasteiger partial charge in [0, 0.05) is 29.8 Å². The molecule has 2 aliphatic heterocycles. The molecule has 0 bridgehead atoms.